The van der Waals surface area contributed by atoms with Gasteiger partial charge in [-0.1, -0.05) is 30.1 Å². The largest absolute Gasteiger partial charge is 0.437 e. The Bertz CT molecular complexity index is 218. The van der Waals surface area contributed by atoms with E-state index in [-0.39, 0.29) is 0 Å². The predicted octanol–water partition coefficient (Wildman–Crippen LogP) is 2.90. The van der Waals surface area contributed by atoms with Gasteiger partial charge in [0.2, 0.25) is 0 Å². The predicted molar refractivity (Wildman–Crippen MR) is 57.6 cm³/mol. The monoisotopic (exact) mass is 177 g/mol. The molecule has 1 unspecified atom stereocenters. The average molecular weight is 177 g/mol. The van der Waals surface area contributed by atoms with Gasteiger partial charge in [-0.2, -0.15) is 0 Å². The molecule has 1 rings (SSSR count). The molecule has 0 N–H and O–H groups in total. The van der Waals surface area contributed by atoms with Crippen molar-refractivity contribution in [2.75, 3.05) is 7.11 Å². The minimum absolute atomic E-state index is 0.557. The summed E-state index contributed by atoms with van der Waals surface area (Å²) in [6.07, 6.45) is 8.15. The molecular weight excluding hydrogens is 159 g/mol. The standard InChI is InChI=1S/C11H18BO/c1-9-7-5-4-6-8-11(10(9)2)12-13-3/h5,7,9H,4,6,8H2,1-3H3/b7-5-,11-10-. The van der Waals surface area contributed by atoms with E-state index in [4.69, 9.17) is 4.65 Å². The number of allylic oxidation sites excluding steroid dienone is 4. The molecule has 0 aromatic heterocycles. The maximum Gasteiger partial charge on any atom is 0.325 e. The normalized spacial score (nSPS) is 32.1. The van der Waals surface area contributed by atoms with E-state index in [0.29, 0.717) is 5.92 Å². The second kappa shape index (κ2) is 5.28. The van der Waals surface area contributed by atoms with Crippen molar-refractivity contribution in [1.29, 1.82) is 0 Å². The van der Waals surface area contributed by atoms with Crippen LogP contribution in [0.3, 0.4) is 0 Å². The fraction of sp³-hybridized carbons (Fsp3) is 0.636. The van der Waals surface area contributed by atoms with Gasteiger partial charge in [-0.25, -0.2) is 0 Å². The molecule has 0 amide bonds. The van der Waals surface area contributed by atoms with Crippen LogP contribution in [0.1, 0.15) is 33.1 Å². The zero-order chi connectivity index (χ0) is 9.68. The Labute approximate surface area is 82.1 Å². The van der Waals surface area contributed by atoms with Crippen LogP contribution in [0, 0.1) is 5.92 Å². The maximum absolute atomic E-state index is 5.09. The molecule has 0 aromatic rings. The highest BCUT2D eigenvalue weighted by Gasteiger charge is 2.10. The van der Waals surface area contributed by atoms with Crippen molar-refractivity contribution >= 4 is 7.48 Å². The number of hydrogen-bond acceptors (Lipinski definition) is 1. The molecule has 0 saturated heterocycles. The van der Waals surface area contributed by atoms with E-state index in [2.05, 4.69) is 26.0 Å². The van der Waals surface area contributed by atoms with E-state index in [1.807, 2.05) is 7.48 Å². The lowest BCUT2D eigenvalue weighted by molar-refractivity contribution is 0.445. The van der Waals surface area contributed by atoms with Gasteiger partial charge in [0.1, 0.15) is 0 Å². The number of rotatable bonds is 2. The highest BCUT2D eigenvalue weighted by molar-refractivity contribution is 6.38. The summed E-state index contributed by atoms with van der Waals surface area (Å²) >= 11 is 0. The molecule has 0 bridgehead atoms. The second-order valence-electron chi connectivity index (χ2n) is 3.67. The fourth-order valence-electron chi connectivity index (χ4n) is 1.64. The van der Waals surface area contributed by atoms with Crippen LogP contribution < -0.4 is 0 Å². The van der Waals surface area contributed by atoms with Crippen LogP contribution >= 0.6 is 0 Å². The Morgan fingerprint density at radius 3 is 3.00 bits per heavy atom. The summed E-state index contributed by atoms with van der Waals surface area (Å²) in [6, 6.07) is 0. The molecule has 2 heteroatoms. The van der Waals surface area contributed by atoms with Gasteiger partial charge >= 0.3 is 7.48 Å². The van der Waals surface area contributed by atoms with Crippen molar-refractivity contribution in [1.82, 2.24) is 0 Å². The first-order valence-corrected chi connectivity index (χ1v) is 4.98. The topological polar surface area (TPSA) is 9.23 Å². The summed E-state index contributed by atoms with van der Waals surface area (Å²) in [5.41, 5.74) is 2.82. The molecule has 1 radical (unpaired) electrons. The molecule has 0 heterocycles. The first kappa shape index (κ1) is 10.6. The van der Waals surface area contributed by atoms with Crippen LogP contribution in [0.15, 0.2) is 23.2 Å². The molecule has 1 aliphatic rings. The van der Waals surface area contributed by atoms with E-state index in [1.165, 1.54) is 23.9 Å². The summed E-state index contributed by atoms with van der Waals surface area (Å²) in [5, 5.41) is 0. The molecule has 1 atom stereocenters. The lowest BCUT2D eigenvalue weighted by Crippen LogP contribution is -2.07. The van der Waals surface area contributed by atoms with Crippen molar-refractivity contribution in [2.24, 2.45) is 5.92 Å². The molecular formula is C11H18BO. The van der Waals surface area contributed by atoms with Gasteiger partial charge in [0.25, 0.3) is 0 Å². The highest BCUT2D eigenvalue weighted by atomic mass is 16.4. The van der Waals surface area contributed by atoms with Crippen molar-refractivity contribution < 1.29 is 4.65 Å². The molecule has 71 valence electrons. The molecule has 0 saturated carbocycles. The third kappa shape index (κ3) is 3.04. The molecule has 0 fully saturated rings. The molecule has 0 spiro atoms. The maximum atomic E-state index is 5.09. The Morgan fingerprint density at radius 2 is 2.31 bits per heavy atom. The Kier molecular flexibility index (Phi) is 4.30. The van der Waals surface area contributed by atoms with Crippen molar-refractivity contribution in [2.45, 2.75) is 33.1 Å². The smallest absolute Gasteiger partial charge is 0.325 e. The highest BCUT2D eigenvalue weighted by Crippen LogP contribution is 2.22. The Morgan fingerprint density at radius 1 is 1.54 bits per heavy atom. The summed E-state index contributed by atoms with van der Waals surface area (Å²) in [5.74, 6) is 0.557. The van der Waals surface area contributed by atoms with Gasteiger partial charge < -0.3 is 4.65 Å². The third-order valence-electron chi connectivity index (χ3n) is 2.69. The summed E-state index contributed by atoms with van der Waals surface area (Å²) in [4.78, 5) is 0. The van der Waals surface area contributed by atoms with Gasteiger partial charge in [-0.3, -0.25) is 0 Å². The molecule has 1 aliphatic carbocycles. The van der Waals surface area contributed by atoms with E-state index < -0.39 is 0 Å². The van der Waals surface area contributed by atoms with Crippen LogP contribution in [0.2, 0.25) is 0 Å². The van der Waals surface area contributed by atoms with Crippen molar-refractivity contribution in [3.05, 3.63) is 23.2 Å². The van der Waals surface area contributed by atoms with Crippen LogP contribution in [0.25, 0.3) is 0 Å². The summed E-state index contributed by atoms with van der Waals surface area (Å²) in [7, 11) is 3.62. The average Bonchev–Trinajstić information content (AvgIpc) is 2.12. The fourth-order valence-corrected chi connectivity index (χ4v) is 1.64. The van der Waals surface area contributed by atoms with E-state index in [1.54, 1.807) is 7.11 Å². The van der Waals surface area contributed by atoms with Crippen LogP contribution in [-0.4, -0.2) is 14.6 Å². The molecule has 0 aliphatic heterocycles. The second-order valence-corrected chi connectivity index (χ2v) is 3.67. The third-order valence-corrected chi connectivity index (χ3v) is 2.69. The van der Waals surface area contributed by atoms with Crippen LogP contribution in [0.5, 0.6) is 0 Å². The van der Waals surface area contributed by atoms with E-state index >= 15 is 0 Å². The molecule has 13 heavy (non-hydrogen) atoms. The minimum Gasteiger partial charge on any atom is -0.437 e. The van der Waals surface area contributed by atoms with E-state index in [0.717, 1.165) is 6.42 Å². The lowest BCUT2D eigenvalue weighted by Gasteiger charge is -2.16. The molecule has 1 nitrogen and oxygen atoms in total. The lowest BCUT2D eigenvalue weighted by atomic mass is 9.76. The summed E-state index contributed by atoms with van der Waals surface area (Å²) in [6.45, 7) is 4.44. The first-order valence-electron chi connectivity index (χ1n) is 4.98. The van der Waals surface area contributed by atoms with Gasteiger partial charge in [0.05, 0.1) is 0 Å². The van der Waals surface area contributed by atoms with Crippen LogP contribution in [-0.2, 0) is 4.65 Å². The molecule has 0 aromatic carbocycles. The van der Waals surface area contributed by atoms with E-state index in [9.17, 15) is 0 Å². The van der Waals surface area contributed by atoms with Gasteiger partial charge in [-0.05, 0) is 32.1 Å². The van der Waals surface area contributed by atoms with Crippen molar-refractivity contribution in [3.8, 4) is 0 Å². The van der Waals surface area contributed by atoms with Crippen molar-refractivity contribution in [3.63, 3.8) is 0 Å². The minimum atomic E-state index is 0.557. The summed E-state index contributed by atoms with van der Waals surface area (Å²) < 4.78 is 5.09. The number of hydrogen-bond donors (Lipinski definition) is 0. The zero-order valence-corrected chi connectivity index (χ0v) is 8.84. The van der Waals surface area contributed by atoms with Gasteiger partial charge in [0, 0.05) is 7.11 Å². The first-order chi connectivity index (χ1) is 6.25. The van der Waals surface area contributed by atoms with Crippen LogP contribution in [0.4, 0.5) is 0 Å². The Balaban J connectivity index is 2.76. The van der Waals surface area contributed by atoms with Gasteiger partial charge in [0.15, 0.2) is 0 Å². The quantitative estimate of drug-likeness (QED) is 0.465. The van der Waals surface area contributed by atoms with Gasteiger partial charge in [-0.15, -0.1) is 0 Å². The zero-order valence-electron chi connectivity index (χ0n) is 8.84. The Hall–Kier alpha value is -0.495. The SMILES string of the molecule is CO[B]/C1=C(/C)C(C)/C=C\CCC1.